The fraction of sp³-hybridized carbons (Fsp3) is 0.154. The van der Waals surface area contributed by atoms with Crippen molar-refractivity contribution in [3.8, 4) is 11.3 Å². The van der Waals surface area contributed by atoms with E-state index in [1.807, 2.05) is 25.1 Å². The molecule has 4 rings (SSSR count). The van der Waals surface area contributed by atoms with E-state index in [4.69, 9.17) is 0 Å². The van der Waals surface area contributed by atoms with Gasteiger partial charge in [-0.3, -0.25) is 9.52 Å². The van der Waals surface area contributed by atoms with Crippen LogP contribution in [-0.4, -0.2) is 25.6 Å². The normalized spacial score (nSPS) is 12.3. The number of anilines is 1. The van der Waals surface area contributed by atoms with E-state index in [0.717, 1.165) is 6.26 Å². The molecule has 8 heteroatoms. The Balaban J connectivity index is 1.92. The maximum atomic E-state index is 13.8. The molecule has 0 spiro atoms. The maximum Gasteiger partial charge on any atom is 0.254 e. The highest BCUT2D eigenvalue weighted by Gasteiger charge is 2.25. The van der Waals surface area contributed by atoms with Crippen molar-refractivity contribution in [2.75, 3.05) is 11.0 Å². The van der Waals surface area contributed by atoms with Gasteiger partial charge in [-0.2, -0.15) is 0 Å². The molecule has 0 radical (unpaired) electrons. The Morgan fingerprint density at radius 1 is 1.00 bits per heavy atom. The monoisotopic (exact) mass is 477 g/mol. The third kappa shape index (κ3) is 5.07. The molecule has 0 unspecified atom stereocenters. The van der Waals surface area contributed by atoms with Gasteiger partial charge in [0.1, 0.15) is 5.82 Å². The Hall–Kier alpha value is -3.78. The number of benzene rings is 3. The zero-order valence-electron chi connectivity index (χ0n) is 18.7. The zero-order chi connectivity index (χ0) is 24.3. The smallest absolute Gasteiger partial charge is 0.254 e. The van der Waals surface area contributed by atoms with E-state index in [-0.39, 0.29) is 11.3 Å². The summed E-state index contributed by atoms with van der Waals surface area (Å²) in [5, 5.41) is 3.46. The molecule has 0 aliphatic carbocycles. The third-order valence-corrected chi connectivity index (χ3v) is 5.99. The van der Waals surface area contributed by atoms with E-state index in [1.54, 1.807) is 48.5 Å². The lowest BCUT2D eigenvalue weighted by Crippen LogP contribution is -2.30. The molecule has 4 aromatic rings. The quantitative estimate of drug-likeness (QED) is 0.378. The summed E-state index contributed by atoms with van der Waals surface area (Å²) >= 11 is 0. The molecular weight excluding hydrogens is 453 g/mol. The van der Waals surface area contributed by atoms with Crippen molar-refractivity contribution in [3.63, 3.8) is 0 Å². The number of nitrogens with one attached hydrogen (secondary N) is 2. The molecule has 1 aromatic heterocycles. The molecule has 1 heterocycles. The number of fused-ring (bicyclic) bond motifs is 1. The number of carbonyl (C=O) groups excluding carboxylic acids is 1. The van der Waals surface area contributed by atoms with Crippen LogP contribution in [0.1, 0.15) is 35.3 Å². The molecule has 34 heavy (non-hydrogen) atoms. The molecular formula is C26H24FN3O3S. The first-order valence-corrected chi connectivity index (χ1v) is 12.7. The van der Waals surface area contributed by atoms with Gasteiger partial charge in [0.25, 0.3) is 5.91 Å². The number of halogens is 1. The second kappa shape index (κ2) is 9.61. The number of para-hydroxylation sites is 1. The van der Waals surface area contributed by atoms with Crippen molar-refractivity contribution in [2.24, 2.45) is 0 Å². The summed E-state index contributed by atoms with van der Waals surface area (Å²) in [5.74, 6) is -0.886. The topological polar surface area (TPSA) is 88.2 Å². The largest absolute Gasteiger partial charge is 0.345 e. The number of nitrogens with zero attached hydrogens (tertiary/aromatic N) is 1. The summed E-state index contributed by atoms with van der Waals surface area (Å²) in [6, 6.07) is 21.7. The number of sulfonamides is 1. The van der Waals surface area contributed by atoms with Crippen molar-refractivity contribution < 1.29 is 17.6 Å². The minimum absolute atomic E-state index is 0.0963. The summed E-state index contributed by atoms with van der Waals surface area (Å²) in [6.45, 7) is 1.88. The van der Waals surface area contributed by atoms with Crippen LogP contribution in [-0.2, 0) is 10.0 Å². The average molecular weight is 478 g/mol. The highest BCUT2D eigenvalue weighted by molar-refractivity contribution is 7.92. The van der Waals surface area contributed by atoms with Crippen molar-refractivity contribution >= 4 is 32.5 Å². The van der Waals surface area contributed by atoms with E-state index in [0.29, 0.717) is 34.1 Å². The molecule has 0 aliphatic rings. The number of pyridine rings is 1. The Morgan fingerprint density at radius 3 is 2.38 bits per heavy atom. The summed E-state index contributed by atoms with van der Waals surface area (Å²) in [7, 11) is -3.74. The van der Waals surface area contributed by atoms with E-state index in [9.17, 15) is 17.6 Å². The highest BCUT2D eigenvalue weighted by Crippen LogP contribution is 2.35. The minimum Gasteiger partial charge on any atom is -0.345 e. The van der Waals surface area contributed by atoms with Crippen LogP contribution in [0.15, 0.2) is 78.9 Å². The maximum absolute atomic E-state index is 13.8. The number of amides is 1. The van der Waals surface area contributed by atoms with E-state index < -0.39 is 27.8 Å². The van der Waals surface area contributed by atoms with Crippen LogP contribution in [0.5, 0.6) is 0 Å². The molecule has 1 amide bonds. The van der Waals surface area contributed by atoms with Crippen LogP contribution in [0.25, 0.3) is 22.2 Å². The van der Waals surface area contributed by atoms with Crippen molar-refractivity contribution in [2.45, 2.75) is 19.4 Å². The van der Waals surface area contributed by atoms with Gasteiger partial charge in [0.15, 0.2) is 0 Å². The standard InChI is InChI=1S/C26H24FN3O3S/c1-3-21(18-12-9-13-19(27)16-18)29-26(31)23-20-14-7-8-15-22(20)28-24(17-10-5-4-6-11-17)25(23)30-34(2,32)33/h4-16,21,30H,3H2,1-2H3,(H,29,31)/t21-/m0/s1. The van der Waals surface area contributed by atoms with Gasteiger partial charge < -0.3 is 5.32 Å². The molecule has 6 nitrogen and oxygen atoms in total. The first kappa shape index (κ1) is 23.4. The summed E-state index contributed by atoms with van der Waals surface area (Å²) in [4.78, 5) is 18.4. The fourth-order valence-corrected chi connectivity index (χ4v) is 4.48. The number of carbonyl (C=O) groups is 1. The average Bonchev–Trinajstić information content (AvgIpc) is 2.81. The second-order valence-electron chi connectivity index (χ2n) is 7.96. The fourth-order valence-electron chi connectivity index (χ4n) is 3.91. The predicted octanol–water partition coefficient (Wildman–Crippen LogP) is 5.29. The van der Waals surface area contributed by atoms with Gasteiger partial charge in [0.2, 0.25) is 10.0 Å². The van der Waals surface area contributed by atoms with Gasteiger partial charge in [0, 0.05) is 10.9 Å². The molecule has 0 fully saturated rings. The van der Waals surface area contributed by atoms with Gasteiger partial charge in [-0.1, -0.05) is 67.6 Å². The lowest BCUT2D eigenvalue weighted by atomic mass is 9.99. The molecule has 174 valence electrons. The van der Waals surface area contributed by atoms with Crippen LogP contribution >= 0.6 is 0 Å². The lowest BCUT2D eigenvalue weighted by Gasteiger charge is -2.21. The summed E-state index contributed by atoms with van der Waals surface area (Å²) in [6.07, 6.45) is 1.54. The molecule has 0 saturated carbocycles. The first-order chi connectivity index (χ1) is 16.3. The Kier molecular flexibility index (Phi) is 6.61. The van der Waals surface area contributed by atoms with E-state index >= 15 is 0 Å². The molecule has 0 bridgehead atoms. The third-order valence-electron chi connectivity index (χ3n) is 5.42. The Bertz CT molecular complexity index is 1460. The molecule has 0 saturated heterocycles. The molecule has 0 aliphatic heterocycles. The number of aromatic nitrogens is 1. The molecule has 1 atom stereocenters. The van der Waals surface area contributed by atoms with Crippen LogP contribution in [0.4, 0.5) is 10.1 Å². The van der Waals surface area contributed by atoms with Gasteiger partial charge in [0.05, 0.1) is 34.8 Å². The zero-order valence-corrected chi connectivity index (χ0v) is 19.6. The van der Waals surface area contributed by atoms with Crippen molar-refractivity contribution in [1.29, 1.82) is 0 Å². The minimum atomic E-state index is -3.74. The van der Waals surface area contributed by atoms with Gasteiger partial charge in [-0.05, 0) is 30.2 Å². The summed E-state index contributed by atoms with van der Waals surface area (Å²) in [5.41, 5.74) is 2.42. The lowest BCUT2D eigenvalue weighted by molar-refractivity contribution is 0.0938. The number of rotatable bonds is 7. The Labute approximate surface area is 197 Å². The van der Waals surface area contributed by atoms with Crippen molar-refractivity contribution in [1.82, 2.24) is 10.3 Å². The van der Waals surface area contributed by atoms with E-state index in [1.165, 1.54) is 12.1 Å². The van der Waals surface area contributed by atoms with Crippen LogP contribution in [0, 0.1) is 5.82 Å². The van der Waals surface area contributed by atoms with Gasteiger partial charge in [-0.25, -0.2) is 17.8 Å². The molecule has 2 N–H and O–H groups in total. The Morgan fingerprint density at radius 2 is 1.71 bits per heavy atom. The summed E-state index contributed by atoms with van der Waals surface area (Å²) < 4.78 is 41.0. The van der Waals surface area contributed by atoms with Crippen LogP contribution in [0.3, 0.4) is 0 Å². The number of hydrogen-bond acceptors (Lipinski definition) is 4. The first-order valence-electron chi connectivity index (χ1n) is 10.8. The number of hydrogen-bond donors (Lipinski definition) is 2. The predicted molar refractivity (Wildman–Crippen MR) is 133 cm³/mol. The second-order valence-corrected chi connectivity index (χ2v) is 9.71. The van der Waals surface area contributed by atoms with E-state index in [2.05, 4.69) is 15.0 Å². The SMILES string of the molecule is CC[C@H](NC(=O)c1c(NS(C)(=O)=O)c(-c2ccccc2)nc2ccccc12)c1cccc(F)c1. The molecule has 3 aromatic carbocycles. The highest BCUT2D eigenvalue weighted by atomic mass is 32.2. The van der Waals surface area contributed by atoms with Crippen LogP contribution < -0.4 is 10.0 Å². The van der Waals surface area contributed by atoms with Crippen molar-refractivity contribution in [3.05, 3.63) is 95.8 Å². The van der Waals surface area contributed by atoms with Crippen LogP contribution in [0.2, 0.25) is 0 Å². The van der Waals surface area contributed by atoms with Gasteiger partial charge in [-0.15, -0.1) is 0 Å². The van der Waals surface area contributed by atoms with Gasteiger partial charge >= 0.3 is 0 Å².